The number of sulfonamides is 1. The molecule has 1 aromatic heterocycles. The number of nitrogens with zero attached hydrogens (tertiary/aromatic N) is 4. The Bertz CT molecular complexity index is 1290. The van der Waals surface area contributed by atoms with E-state index in [0.29, 0.717) is 42.3 Å². The first-order chi connectivity index (χ1) is 15.3. The molecule has 2 heterocycles. The summed E-state index contributed by atoms with van der Waals surface area (Å²) in [5.74, 6) is 0.801. The number of benzene rings is 2. The van der Waals surface area contributed by atoms with Crippen molar-refractivity contribution in [3.8, 4) is 28.8 Å². The first-order valence-corrected chi connectivity index (χ1v) is 12.4. The maximum absolute atomic E-state index is 11.9. The summed E-state index contributed by atoms with van der Waals surface area (Å²) in [5.41, 5.74) is 3.66. The Labute approximate surface area is 192 Å². The number of aromatic nitrogens is 2. The first kappa shape index (κ1) is 22.3. The van der Waals surface area contributed by atoms with Gasteiger partial charge in [-0.1, -0.05) is 29.8 Å². The van der Waals surface area contributed by atoms with Crippen LogP contribution in [0.25, 0.3) is 16.9 Å². The molecule has 1 saturated heterocycles. The van der Waals surface area contributed by atoms with Crippen LogP contribution in [0.3, 0.4) is 0 Å². The second kappa shape index (κ2) is 8.94. The summed E-state index contributed by atoms with van der Waals surface area (Å²) in [5, 5.41) is 14.7. The van der Waals surface area contributed by atoms with Gasteiger partial charge in [-0.15, -0.1) is 0 Å². The summed E-state index contributed by atoms with van der Waals surface area (Å²) >= 11 is 6.15. The Balaban J connectivity index is 1.79. The van der Waals surface area contributed by atoms with E-state index < -0.39 is 10.0 Å². The maximum atomic E-state index is 11.9. The van der Waals surface area contributed by atoms with E-state index in [2.05, 4.69) is 6.07 Å². The molecule has 0 saturated carbocycles. The van der Waals surface area contributed by atoms with Crippen LogP contribution in [-0.2, 0) is 10.0 Å². The minimum absolute atomic E-state index is 0.130. The number of halogens is 1. The zero-order valence-electron chi connectivity index (χ0n) is 17.8. The van der Waals surface area contributed by atoms with E-state index in [4.69, 9.17) is 21.4 Å². The van der Waals surface area contributed by atoms with Crippen molar-refractivity contribution < 1.29 is 13.2 Å². The molecule has 0 radical (unpaired) electrons. The molecule has 7 nitrogen and oxygen atoms in total. The molecule has 3 aromatic rings. The van der Waals surface area contributed by atoms with Gasteiger partial charge in [-0.25, -0.2) is 17.4 Å². The van der Waals surface area contributed by atoms with E-state index in [1.165, 1.54) is 10.6 Å². The van der Waals surface area contributed by atoms with Gasteiger partial charge in [0.25, 0.3) is 0 Å². The van der Waals surface area contributed by atoms with Crippen LogP contribution >= 0.6 is 11.6 Å². The molecule has 1 fully saturated rings. The second-order valence-corrected chi connectivity index (χ2v) is 10.2. The highest BCUT2D eigenvalue weighted by Crippen LogP contribution is 2.35. The molecule has 2 aromatic carbocycles. The van der Waals surface area contributed by atoms with Crippen LogP contribution < -0.4 is 4.74 Å². The highest BCUT2D eigenvalue weighted by atomic mass is 35.5. The van der Waals surface area contributed by atoms with Crippen molar-refractivity contribution in [2.45, 2.75) is 18.8 Å². The zero-order valence-corrected chi connectivity index (χ0v) is 19.4. The molecule has 4 rings (SSSR count). The highest BCUT2D eigenvalue weighted by molar-refractivity contribution is 7.88. The van der Waals surface area contributed by atoms with Crippen molar-refractivity contribution in [3.63, 3.8) is 0 Å². The lowest BCUT2D eigenvalue weighted by molar-refractivity contribution is 0.318. The van der Waals surface area contributed by atoms with E-state index in [1.807, 2.05) is 41.1 Å². The molecule has 0 bridgehead atoms. The fourth-order valence-electron chi connectivity index (χ4n) is 4.05. The van der Waals surface area contributed by atoms with Gasteiger partial charge >= 0.3 is 0 Å². The standard InChI is InChI=1S/C23H23ClN4O3S/c1-31-23-6-4-3-5-21(23)28-22(17-7-8-19(24)18(13-17)15-25)14-20(26-28)16-9-11-27(12-10-16)32(2,29)30/h3-8,13-14,16H,9-12H2,1-2H3. The van der Waals surface area contributed by atoms with Crippen molar-refractivity contribution in [1.82, 2.24) is 14.1 Å². The number of para-hydroxylation sites is 2. The van der Waals surface area contributed by atoms with E-state index >= 15 is 0 Å². The number of hydrogen-bond acceptors (Lipinski definition) is 5. The number of rotatable bonds is 5. The van der Waals surface area contributed by atoms with Gasteiger partial charge in [0.15, 0.2) is 0 Å². The summed E-state index contributed by atoms with van der Waals surface area (Å²) in [7, 11) is -1.58. The van der Waals surface area contributed by atoms with Crippen molar-refractivity contribution in [1.29, 1.82) is 5.26 Å². The molecule has 1 aliphatic heterocycles. The monoisotopic (exact) mass is 470 g/mol. The van der Waals surface area contributed by atoms with Crippen LogP contribution in [0.4, 0.5) is 0 Å². The summed E-state index contributed by atoms with van der Waals surface area (Å²) in [6, 6.07) is 17.1. The van der Waals surface area contributed by atoms with E-state index in [0.717, 1.165) is 22.6 Å². The fraction of sp³-hybridized carbons (Fsp3) is 0.304. The van der Waals surface area contributed by atoms with Crippen molar-refractivity contribution in [2.75, 3.05) is 26.5 Å². The molecule has 0 spiro atoms. The summed E-state index contributed by atoms with van der Waals surface area (Å²) in [6.45, 7) is 0.944. The second-order valence-electron chi connectivity index (χ2n) is 7.78. The molecule has 9 heteroatoms. The van der Waals surface area contributed by atoms with Crippen LogP contribution in [-0.4, -0.2) is 49.0 Å². The van der Waals surface area contributed by atoms with Gasteiger partial charge in [0, 0.05) is 24.6 Å². The normalized spacial score (nSPS) is 15.4. The van der Waals surface area contributed by atoms with Crippen LogP contribution in [0.5, 0.6) is 5.75 Å². The number of ether oxygens (including phenoxy) is 1. The van der Waals surface area contributed by atoms with Crippen LogP contribution in [0, 0.1) is 11.3 Å². The van der Waals surface area contributed by atoms with Gasteiger partial charge in [0.1, 0.15) is 17.5 Å². The minimum atomic E-state index is -3.19. The molecule has 0 N–H and O–H groups in total. The molecule has 0 amide bonds. The number of piperidine rings is 1. The Morgan fingerprint density at radius 1 is 1.16 bits per heavy atom. The summed E-state index contributed by atoms with van der Waals surface area (Å²) < 4.78 is 32.6. The summed E-state index contributed by atoms with van der Waals surface area (Å²) in [4.78, 5) is 0. The van der Waals surface area contributed by atoms with Gasteiger partial charge in [0.05, 0.1) is 35.3 Å². The molecule has 32 heavy (non-hydrogen) atoms. The number of nitriles is 1. The first-order valence-electron chi connectivity index (χ1n) is 10.2. The Morgan fingerprint density at radius 2 is 1.88 bits per heavy atom. The van der Waals surface area contributed by atoms with Crippen LogP contribution in [0.1, 0.15) is 30.0 Å². The van der Waals surface area contributed by atoms with E-state index in [-0.39, 0.29) is 5.92 Å². The smallest absolute Gasteiger partial charge is 0.211 e. The lowest BCUT2D eigenvalue weighted by Gasteiger charge is -2.29. The number of methoxy groups -OCH3 is 1. The highest BCUT2D eigenvalue weighted by Gasteiger charge is 2.28. The maximum Gasteiger partial charge on any atom is 0.211 e. The van der Waals surface area contributed by atoms with E-state index in [1.54, 1.807) is 19.2 Å². The average Bonchev–Trinajstić information content (AvgIpc) is 3.24. The SMILES string of the molecule is COc1ccccc1-n1nc(C2CCN(S(C)(=O)=O)CC2)cc1-c1ccc(Cl)c(C#N)c1. The van der Waals surface area contributed by atoms with Gasteiger partial charge in [-0.3, -0.25) is 0 Å². The predicted octanol–water partition coefficient (Wildman–Crippen LogP) is 4.21. The lowest BCUT2D eigenvalue weighted by Crippen LogP contribution is -2.37. The Hall–Kier alpha value is -2.86. The molecular weight excluding hydrogens is 448 g/mol. The fourth-order valence-corrected chi connectivity index (χ4v) is 5.08. The Kier molecular flexibility index (Phi) is 6.24. The molecule has 0 atom stereocenters. The Morgan fingerprint density at radius 3 is 2.53 bits per heavy atom. The third-order valence-electron chi connectivity index (χ3n) is 5.77. The largest absolute Gasteiger partial charge is 0.494 e. The molecule has 166 valence electrons. The number of hydrogen-bond donors (Lipinski definition) is 0. The molecule has 0 unspecified atom stereocenters. The lowest BCUT2D eigenvalue weighted by atomic mass is 9.94. The van der Waals surface area contributed by atoms with Gasteiger partial charge < -0.3 is 4.74 Å². The zero-order chi connectivity index (χ0) is 22.9. The molecular formula is C23H23ClN4O3S. The van der Waals surface area contributed by atoms with E-state index in [9.17, 15) is 13.7 Å². The molecule has 1 aliphatic rings. The van der Waals surface area contributed by atoms with Crippen LogP contribution in [0.2, 0.25) is 5.02 Å². The van der Waals surface area contributed by atoms with Gasteiger partial charge in [0.2, 0.25) is 10.0 Å². The minimum Gasteiger partial charge on any atom is -0.494 e. The summed E-state index contributed by atoms with van der Waals surface area (Å²) in [6.07, 6.45) is 2.63. The van der Waals surface area contributed by atoms with Gasteiger partial charge in [-0.2, -0.15) is 10.4 Å². The van der Waals surface area contributed by atoms with Crippen LogP contribution in [0.15, 0.2) is 48.5 Å². The third kappa shape index (κ3) is 4.37. The molecule has 0 aliphatic carbocycles. The van der Waals surface area contributed by atoms with Crippen molar-refractivity contribution in [3.05, 3.63) is 64.8 Å². The van der Waals surface area contributed by atoms with Crippen molar-refractivity contribution in [2.24, 2.45) is 0 Å². The average molecular weight is 471 g/mol. The predicted molar refractivity (Wildman–Crippen MR) is 124 cm³/mol. The third-order valence-corrected chi connectivity index (χ3v) is 7.40. The van der Waals surface area contributed by atoms with Gasteiger partial charge in [-0.05, 0) is 43.2 Å². The quantitative estimate of drug-likeness (QED) is 0.557. The van der Waals surface area contributed by atoms with Crippen molar-refractivity contribution >= 4 is 21.6 Å². The topological polar surface area (TPSA) is 88.2 Å².